The zero-order valence-corrected chi connectivity index (χ0v) is 18.5. The van der Waals surface area contributed by atoms with Crippen LogP contribution < -0.4 is 14.8 Å². The van der Waals surface area contributed by atoms with Crippen LogP contribution in [0.1, 0.15) is 15.9 Å². The van der Waals surface area contributed by atoms with Gasteiger partial charge in [-0.1, -0.05) is 6.07 Å². The van der Waals surface area contributed by atoms with Crippen molar-refractivity contribution in [3.05, 3.63) is 47.5 Å². The number of aryl methyl sites for hydroxylation is 1. The molecule has 30 heavy (non-hydrogen) atoms. The third-order valence-corrected chi connectivity index (χ3v) is 7.23. The van der Waals surface area contributed by atoms with Gasteiger partial charge < -0.3 is 19.7 Å². The van der Waals surface area contributed by atoms with Gasteiger partial charge in [-0.3, -0.25) is 4.79 Å². The van der Waals surface area contributed by atoms with Gasteiger partial charge >= 0.3 is 0 Å². The van der Waals surface area contributed by atoms with Gasteiger partial charge in [0.05, 0.1) is 24.8 Å². The summed E-state index contributed by atoms with van der Waals surface area (Å²) in [6, 6.07) is 9.75. The zero-order valence-electron chi connectivity index (χ0n) is 17.6. The number of piperazine rings is 1. The summed E-state index contributed by atoms with van der Waals surface area (Å²) in [5.74, 6) is 0.620. The predicted octanol–water partition coefficient (Wildman–Crippen LogP) is 2.20. The monoisotopic (exact) mass is 433 g/mol. The average Bonchev–Trinajstić information content (AvgIpc) is 2.74. The number of anilines is 1. The molecule has 1 N–H and O–H groups in total. The molecular weight excluding hydrogens is 406 g/mol. The normalized spacial score (nSPS) is 15.6. The van der Waals surface area contributed by atoms with Crippen LogP contribution in [-0.2, 0) is 10.0 Å². The summed E-state index contributed by atoms with van der Waals surface area (Å²) in [7, 11) is 1.32. The van der Waals surface area contributed by atoms with Gasteiger partial charge in [-0.2, -0.15) is 4.31 Å². The summed E-state index contributed by atoms with van der Waals surface area (Å²) in [5, 5.41) is 2.78. The first-order valence-electron chi connectivity index (χ1n) is 9.59. The number of carbonyl (C=O) groups excluding carboxylic acids is 1. The van der Waals surface area contributed by atoms with E-state index in [1.54, 1.807) is 44.4 Å². The summed E-state index contributed by atoms with van der Waals surface area (Å²) < 4.78 is 38.3. The largest absolute Gasteiger partial charge is 0.497 e. The molecular formula is C21H27N3O5S. The second-order valence-electron chi connectivity index (χ2n) is 7.21. The van der Waals surface area contributed by atoms with Crippen molar-refractivity contribution in [2.45, 2.75) is 11.8 Å². The molecule has 1 aliphatic rings. The van der Waals surface area contributed by atoms with Crippen LogP contribution in [0, 0.1) is 6.92 Å². The van der Waals surface area contributed by atoms with Crippen molar-refractivity contribution in [3.63, 3.8) is 0 Å². The molecule has 162 valence electrons. The van der Waals surface area contributed by atoms with Crippen molar-refractivity contribution in [1.29, 1.82) is 0 Å². The van der Waals surface area contributed by atoms with Crippen molar-refractivity contribution in [2.75, 3.05) is 52.8 Å². The van der Waals surface area contributed by atoms with E-state index in [0.29, 0.717) is 48.9 Å². The van der Waals surface area contributed by atoms with E-state index >= 15 is 0 Å². The molecule has 2 aromatic rings. The second kappa shape index (κ2) is 9.03. The van der Waals surface area contributed by atoms with Gasteiger partial charge in [0, 0.05) is 37.8 Å². The van der Waals surface area contributed by atoms with Gasteiger partial charge in [-0.15, -0.1) is 0 Å². The Balaban J connectivity index is 1.87. The molecule has 9 heteroatoms. The number of amides is 1. The molecule has 0 saturated carbocycles. The van der Waals surface area contributed by atoms with Crippen molar-refractivity contribution < 1.29 is 22.7 Å². The highest BCUT2D eigenvalue weighted by molar-refractivity contribution is 7.89. The molecule has 1 amide bonds. The lowest BCUT2D eigenvalue weighted by Gasteiger charge is -2.32. The lowest BCUT2D eigenvalue weighted by molar-refractivity contribution is 0.102. The summed E-state index contributed by atoms with van der Waals surface area (Å²) in [4.78, 5) is 15.1. The van der Waals surface area contributed by atoms with E-state index < -0.39 is 15.9 Å². The average molecular weight is 434 g/mol. The highest BCUT2D eigenvalue weighted by Gasteiger charge is 2.29. The Morgan fingerprint density at radius 2 is 1.70 bits per heavy atom. The number of carbonyl (C=O) groups is 1. The Hall–Kier alpha value is -2.62. The zero-order chi connectivity index (χ0) is 21.9. The van der Waals surface area contributed by atoms with Crippen molar-refractivity contribution in [2.24, 2.45) is 0 Å². The van der Waals surface area contributed by atoms with Crippen LogP contribution in [0.3, 0.4) is 0 Å². The smallest absolute Gasteiger partial charge is 0.255 e. The molecule has 1 fully saturated rings. The Labute approximate surface area is 177 Å². The maximum absolute atomic E-state index is 13.2. The fourth-order valence-corrected chi connectivity index (χ4v) is 4.96. The molecule has 1 heterocycles. The minimum atomic E-state index is -3.68. The predicted molar refractivity (Wildman–Crippen MR) is 115 cm³/mol. The Bertz CT molecular complexity index is 1030. The number of sulfonamides is 1. The molecule has 2 aromatic carbocycles. The number of likely N-dealkylation sites (N-methyl/N-ethyl adjacent to an activating group) is 1. The van der Waals surface area contributed by atoms with Crippen LogP contribution in [0.2, 0.25) is 0 Å². The van der Waals surface area contributed by atoms with Crippen molar-refractivity contribution in [3.8, 4) is 11.5 Å². The van der Waals surface area contributed by atoms with Gasteiger partial charge in [0.25, 0.3) is 5.91 Å². The Morgan fingerprint density at radius 1 is 1.00 bits per heavy atom. The second-order valence-corrected chi connectivity index (χ2v) is 9.11. The van der Waals surface area contributed by atoms with Crippen molar-refractivity contribution >= 4 is 21.6 Å². The number of hydrogen-bond acceptors (Lipinski definition) is 6. The van der Waals surface area contributed by atoms with Crippen LogP contribution in [0.15, 0.2) is 41.3 Å². The first-order valence-corrected chi connectivity index (χ1v) is 11.0. The first-order chi connectivity index (χ1) is 14.3. The summed E-state index contributed by atoms with van der Waals surface area (Å²) >= 11 is 0. The molecule has 0 radical (unpaired) electrons. The fourth-order valence-electron chi connectivity index (χ4n) is 3.28. The SMILES string of the molecule is COc1ccc(NC(=O)c2ccc(C)c(S(=O)(=O)N3CCN(C)CC3)c2)c(OC)c1. The standard InChI is InChI=1S/C21H27N3O5S/c1-15-5-6-16(13-20(15)30(26,27)24-11-9-23(2)10-12-24)21(25)22-18-8-7-17(28-3)14-19(18)29-4/h5-8,13-14H,9-12H2,1-4H3,(H,22,25). The van der Waals surface area contributed by atoms with Gasteiger partial charge in [0.1, 0.15) is 11.5 Å². The van der Waals surface area contributed by atoms with E-state index in [-0.39, 0.29) is 10.5 Å². The highest BCUT2D eigenvalue weighted by Crippen LogP contribution is 2.30. The molecule has 0 aliphatic carbocycles. The molecule has 3 rings (SSSR count). The lowest BCUT2D eigenvalue weighted by atomic mass is 10.1. The van der Waals surface area contributed by atoms with Crippen molar-refractivity contribution in [1.82, 2.24) is 9.21 Å². The van der Waals surface area contributed by atoms with E-state index in [1.165, 1.54) is 17.5 Å². The number of methoxy groups -OCH3 is 2. The molecule has 0 aromatic heterocycles. The highest BCUT2D eigenvalue weighted by atomic mass is 32.2. The number of nitrogens with zero attached hydrogens (tertiary/aromatic N) is 2. The van der Waals surface area contributed by atoms with E-state index in [9.17, 15) is 13.2 Å². The van der Waals surface area contributed by atoms with Crippen LogP contribution in [-0.4, -0.2) is 71.0 Å². The third kappa shape index (κ3) is 4.58. The molecule has 0 bridgehead atoms. The van der Waals surface area contributed by atoms with E-state index in [1.807, 2.05) is 7.05 Å². The Kier molecular flexibility index (Phi) is 6.64. The maximum Gasteiger partial charge on any atom is 0.255 e. The van der Waals surface area contributed by atoms with Crippen LogP contribution in [0.25, 0.3) is 0 Å². The quantitative estimate of drug-likeness (QED) is 0.752. The fraction of sp³-hybridized carbons (Fsp3) is 0.381. The van der Waals surface area contributed by atoms with Gasteiger partial charge in [-0.25, -0.2) is 8.42 Å². The molecule has 1 saturated heterocycles. The number of hydrogen-bond donors (Lipinski definition) is 1. The number of nitrogens with one attached hydrogen (secondary N) is 1. The maximum atomic E-state index is 13.2. The lowest BCUT2D eigenvalue weighted by Crippen LogP contribution is -2.47. The number of benzene rings is 2. The van der Waals surface area contributed by atoms with E-state index in [0.717, 1.165) is 0 Å². The number of ether oxygens (including phenoxy) is 2. The van der Waals surface area contributed by atoms with Gasteiger partial charge in [0.2, 0.25) is 10.0 Å². The Morgan fingerprint density at radius 3 is 2.33 bits per heavy atom. The van der Waals surface area contributed by atoms with Crippen LogP contribution in [0.5, 0.6) is 11.5 Å². The summed E-state index contributed by atoms with van der Waals surface area (Å²) in [6.45, 7) is 3.94. The minimum Gasteiger partial charge on any atom is -0.497 e. The summed E-state index contributed by atoms with van der Waals surface area (Å²) in [5.41, 5.74) is 1.33. The van der Waals surface area contributed by atoms with E-state index in [2.05, 4.69) is 10.2 Å². The topological polar surface area (TPSA) is 88.2 Å². The molecule has 8 nitrogen and oxygen atoms in total. The number of rotatable bonds is 6. The van der Waals surface area contributed by atoms with E-state index in [4.69, 9.17) is 9.47 Å². The van der Waals surface area contributed by atoms with Gasteiger partial charge in [-0.05, 0) is 43.8 Å². The molecule has 0 unspecified atom stereocenters. The molecule has 1 aliphatic heterocycles. The van der Waals surface area contributed by atoms with Gasteiger partial charge in [0.15, 0.2) is 0 Å². The first kappa shape index (κ1) is 22.1. The summed E-state index contributed by atoms with van der Waals surface area (Å²) in [6.07, 6.45) is 0. The van der Waals surface area contributed by atoms with Crippen LogP contribution >= 0.6 is 0 Å². The minimum absolute atomic E-state index is 0.154. The molecule has 0 atom stereocenters. The van der Waals surface area contributed by atoms with Crippen LogP contribution in [0.4, 0.5) is 5.69 Å². The third-order valence-electron chi connectivity index (χ3n) is 5.19. The molecule has 0 spiro atoms.